The first kappa shape index (κ1) is 9.91. The third-order valence-electron chi connectivity index (χ3n) is 3.76. The molecule has 2 heteroatoms. The highest BCUT2D eigenvalue weighted by Gasteiger charge is 2.20. The van der Waals surface area contributed by atoms with Gasteiger partial charge in [-0.3, -0.25) is 0 Å². The SMILES string of the molecule is CC(N)c1cccc2c1ccn2C1CCC1. The van der Waals surface area contributed by atoms with Crippen molar-refractivity contribution < 1.29 is 0 Å². The largest absolute Gasteiger partial charge is 0.344 e. The lowest BCUT2D eigenvalue weighted by Gasteiger charge is -2.28. The van der Waals surface area contributed by atoms with E-state index in [-0.39, 0.29) is 6.04 Å². The first-order chi connectivity index (χ1) is 7.77. The van der Waals surface area contributed by atoms with Crippen LogP contribution in [0.2, 0.25) is 0 Å². The summed E-state index contributed by atoms with van der Waals surface area (Å²) in [6.45, 7) is 2.05. The Morgan fingerprint density at radius 1 is 1.31 bits per heavy atom. The zero-order valence-electron chi connectivity index (χ0n) is 9.69. The highest BCUT2D eigenvalue weighted by molar-refractivity contribution is 5.84. The van der Waals surface area contributed by atoms with Gasteiger partial charge in [0.15, 0.2) is 0 Å². The number of hydrogen-bond acceptors (Lipinski definition) is 1. The average molecular weight is 214 g/mol. The molecule has 1 aliphatic carbocycles. The fourth-order valence-electron chi connectivity index (χ4n) is 2.59. The number of benzene rings is 1. The predicted molar refractivity (Wildman–Crippen MR) is 67.4 cm³/mol. The minimum Gasteiger partial charge on any atom is -0.344 e. The molecular formula is C14H18N2. The zero-order valence-corrected chi connectivity index (χ0v) is 9.69. The lowest BCUT2D eigenvalue weighted by Crippen LogP contribution is -2.15. The minimum atomic E-state index is 0.112. The van der Waals surface area contributed by atoms with Crippen molar-refractivity contribution in [3.63, 3.8) is 0 Å². The Labute approximate surface area is 96.1 Å². The zero-order chi connectivity index (χ0) is 11.1. The number of nitrogens with zero attached hydrogens (tertiary/aromatic N) is 1. The monoisotopic (exact) mass is 214 g/mol. The summed E-state index contributed by atoms with van der Waals surface area (Å²) < 4.78 is 2.42. The molecule has 0 spiro atoms. The Kier molecular flexibility index (Phi) is 2.25. The van der Waals surface area contributed by atoms with Gasteiger partial charge in [-0.2, -0.15) is 0 Å². The van der Waals surface area contributed by atoms with Gasteiger partial charge in [0.25, 0.3) is 0 Å². The molecule has 2 aromatic rings. The number of nitrogens with two attached hydrogens (primary N) is 1. The standard InChI is InChI=1S/C14H18N2/c1-10(15)12-6-3-7-14-13(12)8-9-16(14)11-4-2-5-11/h3,6-11H,2,4-5,15H2,1H3. The van der Waals surface area contributed by atoms with Crippen LogP contribution in [0.25, 0.3) is 10.9 Å². The van der Waals surface area contributed by atoms with E-state index in [1.54, 1.807) is 0 Å². The molecule has 1 aliphatic rings. The molecule has 84 valence electrons. The maximum Gasteiger partial charge on any atom is 0.0486 e. The van der Waals surface area contributed by atoms with Crippen molar-refractivity contribution in [1.82, 2.24) is 4.57 Å². The molecule has 3 rings (SSSR count). The maximum atomic E-state index is 6.00. The van der Waals surface area contributed by atoms with Gasteiger partial charge in [-0.05, 0) is 43.9 Å². The van der Waals surface area contributed by atoms with Crippen LogP contribution in [0.5, 0.6) is 0 Å². The highest BCUT2D eigenvalue weighted by atomic mass is 15.0. The topological polar surface area (TPSA) is 30.9 Å². The van der Waals surface area contributed by atoms with Gasteiger partial charge in [0, 0.05) is 29.2 Å². The Balaban J connectivity index is 2.16. The van der Waals surface area contributed by atoms with Crippen LogP contribution in [0.4, 0.5) is 0 Å². The lowest BCUT2D eigenvalue weighted by atomic mass is 9.93. The first-order valence-corrected chi connectivity index (χ1v) is 6.12. The fraction of sp³-hybridized carbons (Fsp3) is 0.429. The van der Waals surface area contributed by atoms with E-state index in [0.717, 1.165) is 6.04 Å². The second-order valence-corrected chi connectivity index (χ2v) is 4.88. The van der Waals surface area contributed by atoms with E-state index in [1.165, 1.54) is 35.7 Å². The molecule has 2 N–H and O–H groups in total. The Morgan fingerprint density at radius 2 is 2.12 bits per heavy atom. The molecule has 16 heavy (non-hydrogen) atoms. The summed E-state index contributed by atoms with van der Waals surface area (Å²) in [5.74, 6) is 0. The number of fused-ring (bicyclic) bond motifs is 1. The Hall–Kier alpha value is -1.28. The van der Waals surface area contributed by atoms with Crippen LogP contribution in [-0.4, -0.2) is 4.57 Å². The molecule has 0 saturated heterocycles. The van der Waals surface area contributed by atoms with Crippen molar-refractivity contribution >= 4 is 10.9 Å². The van der Waals surface area contributed by atoms with E-state index >= 15 is 0 Å². The molecule has 1 heterocycles. The summed E-state index contributed by atoms with van der Waals surface area (Å²) in [6.07, 6.45) is 6.25. The van der Waals surface area contributed by atoms with Gasteiger partial charge < -0.3 is 10.3 Å². The van der Waals surface area contributed by atoms with Crippen LogP contribution in [0, 0.1) is 0 Å². The van der Waals surface area contributed by atoms with Gasteiger partial charge in [0.1, 0.15) is 0 Å². The van der Waals surface area contributed by atoms with Gasteiger partial charge in [0.05, 0.1) is 0 Å². The molecule has 0 aliphatic heterocycles. The van der Waals surface area contributed by atoms with Crippen molar-refractivity contribution in [1.29, 1.82) is 0 Å². The molecule has 1 aromatic heterocycles. The second-order valence-electron chi connectivity index (χ2n) is 4.88. The third-order valence-corrected chi connectivity index (χ3v) is 3.76. The summed E-state index contributed by atoms with van der Waals surface area (Å²) in [6, 6.07) is 9.52. The van der Waals surface area contributed by atoms with Gasteiger partial charge in [-0.1, -0.05) is 12.1 Å². The molecule has 1 fully saturated rings. The quantitative estimate of drug-likeness (QED) is 0.816. The van der Waals surface area contributed by atoms with E-state index < -0.39 is 0 Å². The van der Waals surface area contributed by atoms with Crippen molar-refractivity contribution in [2.75, 3.05) is 0 Å². The molecular weight excluding hydrogens is 196 g/mol. The lowest BCUT2D eigenvalue weighted by molar-refractivity contribution is 0.321. The number of hydrogen-bond donors (Lipinski definition) is 1. The van der Waals surface area contributed by atoms with Crippen molar-refractivity contribution in [2.45, 2.75) is 38.3 Å². The molecule has 0 radical (unpaired) electrons. The van der Waals surface area contributed by atoms with Gasteiger partial charge in [0.2, 0.25) is 0 Å². The molecule has 2 nitrogen and oxygen atoms in total. The second kappa shape index (κ2) is 3.63. The van der Waals surface area contributed by atoms with Crippen LogP contribution in [0.15, 0.2) is 30.5 Å². The van der Waals surface area contributed by atoms with E-state index in [1.807, 2.05) is 0 Å². The van der Waals surface area contributed by atoms with Crippen LogP contribution in [0.3, 0.4) is 0 Å². The van der Waals surface area contributed by atoms with Crippen molar-refractivity contribution in [3.8, 4) is 0 Å². The van der Waals surface area contributed by atoms with Crippen molar-refractivity contribution in [3.05, 3.63) is 36.0 Å². The third kappa shape index (κ3) is 1.37. The first-order valence-electron chi connectivity index (χ1n) is 6.12. The number of rotatable bonds is 2. The smallest absolute Gasteiger partial charge is 0.0486 e. The summed E-state index contributed by atoms with van der Waals surface area (Å²) in [7, 11) is 0. The normalized spacial score (nSPS) is 18.6. The van der Waals surface area contributed by atoms with Gasteiger partial charge >= 0.3 is 0 Å². The Bertz CT molecular complexity index is 506. The van der Waals surface area contributed by atoms with E-state index in [9.17, 15) is 0 Å². The predicted octanol–water partition coefficient (Wildman–Crippen LogP) is 3.39. The molecule has 1 aromatic carbocycles. The van der Waals surface area contributed by atoms with Crippen LogP contribution in [0.1, 0.15) is 43.8 Å². The molecule has 0 bridgehead atoms. The highest BCUT2D eigenvalue weighted by Crippen LogP contribution is 2.35. The van der Waals surface area contributed by atoms with Crippen molar-refractivity contribution in [2.24, 2.45) is 5.73 Å². The van der Waals surface area contributed by atoms with E-state index in [2.05, 4.69) is 42.0 Å². The van der Waals surface area contributed by atoms with Crippen LogP contribution < -0.4 is 5.73 Å². The van der Waals surface area contributed by atoms with Gasteiger partial charge in [-0.25, -0.2) is 0 Å². The fourth-order valence-corrected chi connectivity index (χ4v) is 2.59. The summed E-state index contributed by atoms with van der Waals surface area (Å²) in [4.78, 5) is 0. The summed E-state index contributed by atoms with van der Waals surface area (Å²) >= 11 is 0. The van der Waals surface area contributed by atoms with Gasteiger partial charge in [-0.15, -0.1) is 0 Å². The van der Waals surface area contributed by atoms with Crippen LogP contribution in [-0.2, 0) is 0 Å². The van der Waals surface area contributed by atoms with E-state index in [0.29, 0.717) is 0 Å². The minimum absolute atomic E-state index is 0.112. The molecule has 1 saturated carbocycles. The average Bonchev–Trinajstić information content (AvgIpc) is 2.59. The Morgan fingerprint density at radius 3 is 2.75 bits per heavy atom. The van der Waals surface area contributed by atoms with Crippen LogP contribution >= 0.6 is 0 Å². The number of aromatic nitrogens is 1. The summed E-state index contributed by atoms with van der Waals surface area (Å²) in [5.41, 5.74) is 8.61. The molecule has 1 atom stereocenters. The van der Waals surface area contributed by atoms with E-state index in [4.69, 9.17) is 5.73 Å². The maximum absolute atomic E-state index is 6.00. The summed E-state index contributed by atoms with van der Waals surface area (Å²) in [5, 5.41) is 1.32. The molecule has 0 amide bonds. The molecule has 1 unspecified atom stereocenters.